The summed E-state index contributed by atoms with van der Waals surface area (Å²) >= 11 is 0. The van der Waals surface area contributed by atoms with Crippen LogP contribution in [0.3, 0.4) is 0 Å². The van der Waals surface area contributed by atoms with Crippen LogP contribution in [0.15, 0.2) is 24.3 Å². The molecule has 0 aliphatic carbocycles. The first-order valence-corrected chi connectivity index (χ1v) is 19.7. The van der Waals surface area contributed by atoms with Gasteiger partial charge in [-0.15, -0.1) is 0 Å². The van der Waals surface area contributed by atoms with Crippen LogP contribution in [0.5, 0.6) is 5.75 Å². The number of hydrogen-bond donors (Lipinski definition) is 3. The molecule has 6 amide bonds. The molecule has 0 saturated carbocycles. The molecular formula is C41H66N6O7. The highest BCUT2D eigenvalue weighted by Gasteiger charge is 2.44. The molecule has 13 heteroatoms. The predicted octanol–water partition coefficient (Wildman–Crippen LogP) is 3.57. The Balaban J connectivity index is 2.23. The topological polar surface area (TPSA) is 160 Å². The number of hydrogen-bond acceptors (Lipinski definition) is 7. The van der Waals surface area contributed by atoms with Crippen LogP contribution in [0, 0.1) is 23.7 Å². The molecule has 2 fully saturated rings. The molecular weight excluding hydrogens is 688 g/mol. The molecule has 6 atom stereocenters. The fraction of sp³-hybridized carbons (Fsp3) is 0.707. The first kappa shape index (κ1) is 44.2. The fourth-order valence-corrected chi connectivity index (χ4v) is 7.61. The third kappa shape index (κ3) is 11.4. The van der Waals surface area contributed by atoms with Crippen molar-refractivity contribution in [3.05, 3.63) is 29.8 Å². The molecule has 13 nitrogen and oxygen atoms in total. The number of rotatable bonds is 10. The molecule has 3 N–H and O–H groups in total. The van der Waals surface area contributed by atoms with E-state index < -0.39 is 65.8 Å². The first-order chi connectivity index (χ1) is 25.2. The number of phenols is 1. The van der Waals surface area contributed by atoms with Gasteiger partial charge in [0.1, 0.15) is 42.0 Å². The number of carbonyl (C=O) groups is 6. The normalized spacial score (nSPS) is 25.8. The second-order valence-corrected chi connectivity index (χ2v) is 17.1. The van der Waals surface area contributed by atoms with Gasteiger partial charge in [-0.3, -0.25) is 28.8 Å². The molecule has 0 radical (unpaired) electrons. The third-order valence-electron chi connectivity index (χ3n) is 10.6. The zero-order chi connectivity index (χ0) is 40.6. The van der Waals surface area contributed by atoms with Crippen molar-refractivity contribution in [3.63, 3.8) is 0 Å². The van der Waals surface area contributed by atoms with E-state index in [0.29, 0.717) is 44.2 Å². The number of phenolic OH excluding ortho intramolecular Hbond substituents is 1. The van der Waals surface area contributed by atoms with Crippen LogP contribution in [0.2, 0.25) is 0 Å². The maximum Gasteiger partial charge on any atom is 0.245 e. The molecule has 1 aromatic rings. The second kappa shape index (κ2) is 19.4. The van der Waals surface area contributed by atoms with E-state index >= 15 is 0 Å². The molecule has 0 spiro atoms. The Kier molecular flexibility index (Phi) is 15.9. The minimum absolute atomic E-state index is 0.00627. The number of aromatic hydroxyl groups is 1. The summed E-state index contributed by atoms with van der Waals surface area (Å²) in [5.41, 5.74) is 0.680. The second-order valence-electron chi connectivity index (χ2n) is 17.1. The highest BCUT2D eigenvalue weighted by molar-refractivity contribution is 5.98. The molecule has 1 aromatic carbocycles. The van der Waals surface area contributed by atoms with E-state index in [9.17, 15) is 33.9 Å². The smallest absolute Gasteiger partial charge is 0.245 e. The van der Waals surface area contributed by atoms with Crippen LogP contribution in [0.1, 0.15) is 99.5 Å². The van der Waals surface area contributed by atoms with Gasteiger partial charge in [0, 0.05) is 34.1 Å². The number of benzene rings is 1. The number of nitrogens with one attached hydrogen (secondary N) is 2. The van der Waals surface area contributed by atoms with Crippen molar-refractivity contribution in [1.29, 1.82) is 0 Å². The fourth-order valence-electron chi connectivity index (χ4n) is 7.61. The maximum atomic E-state index is 14.5. The first-order valence-electron chi connectivity index (χ1n) is 19.7. The van der Waals surface area contributed by atoms with Crippen LogP contribution >= 0.6 is 0 Å². The maximum absolute atomic E-state index is 14.5. The molecule has 2 saturated heterocycles. The van der Waals surface area contributed by atoms with E-state index in [2.05, 4.69) is 10.6 Å². The number of fused-ring (bicyclic) bond motifs is 1. The van der Waals surface area contributed by atoms with Crippen LogP contribution in [0.25, 0.3) is 0 Å². The van der Waals surface area contributed by atoms with E-state index in [4.69, 9.17) is 0 Å². The summed E-state index contributed by atoms with van der Waals surface area (Å²) in [6, 6.07) is 0.587. The molecule has 3 rings (SSSR count). The van der Waals surface area contributed by atoms with Crippen LogP contribution in [-0.2, 0) is 35.2 Å². The molecule has 302 valence electrons. The number of carbonyl (C=O) groups excluding carboxylic acids is 6. The summed E-state index contributed by atoms with van der Waals surface area (Å²) in [7, 11) is 4.67. The average Bonchev–Trinajstić information content (AvgIpc) is 3.59. The number of nitrogens with zero attached hydrogens (tertiary/aromatic N) is 4. The quantitative estimate of drug-likeness (QED) is 0.330. The molecule has 0 unspecified atom stereocenters. The molecule has 2 heterocycles. The van der Waals surface area contributed by atoms with Gasteiger partial charge >= 0.3 is 0 Å². The highest BCUT2D eigenvalue weighted by atomic mass is 16.3. The Hall–Kier alpha value is -4.16. The lowest BCUT2D eigenvalue weighted by atomic mass is 9.95. The standard InChI is InChI=1S/C41H66N6O7/c1-24(2)19-30-38(51)46(11)35(22-27(7)8)41(54)44(9)33(21-26(5)6)36(49)43-31(20-25(3)4)39(52)47-18-12-13-32(47)40(53)45(10)34(37(50)42-30)23-28-14-16-29(48)17-15-28/h14-17,24-27,30-35,48H,12-13,18-23H2,1-11H3,(H,42,50)(H,43,49)/t30-,31-,32+,33-,34-,35+/m0/s1. The summed E-state index contributed by atoms with van der Waals surface area (Å²) in [4.78, 5) is 92.2. The van der Waals surface area contributed by atoms with E-state index in [1.165, 1.54) is 38.8 Å². The van der Waals surface area contributed by atoms with E-state index in [0.717, 1.165) is 0 Å². The Bertz CT molecular complexity index is 1480. The molecule has 54 heavy (non-hydrogen) atoms. The summed E-state index contributed by atoms with van der Waals surface area (Å²) in [5.74, 6) is -2.57. The van der Waals surface area contributed by atoms with Gasteiger partial charge < -0.3 is 35.3 Å². The Morgan fingerprint density at radius 1 is 0.593 bits per heavy atom. The van der Waals surface area contributed by atoms with Gasteiger partial charge in [-0.05, 0) is 79.9 Å². The van der Waals surface area contributed by atoms with E-state index in [1.54, 1.807) is 26.2 Å². The van der Waals surface area contributed by atoms with Crippen molar-refractivity contribution in [3.8, 4) is 5.75 Å². The third-order valence-corrected chi connectivity index (χ3v) is 10.6. The predicted molar refractivity (Wildman–Crippen MR) is 208 cm³/mol. The SMILES string of the molecule is CC(C)C[C@@H]1NC(=O)[C@H](Cc2ccc(O)cc2)N(C)C(=O)[C@H]2CCCN2C(=O)[C@H](CC(C)C)NC(=O)[C@H](CC(C)C)N(C)C(=O)[C@@H](CC(C)C)N(C)C1=O. The van der Waals surface area contributed by atoms with Gasteiger partial charge in [0.2, 0.25) is 35.4 Å². The summed E-state index contributed by atoms with van der Waals surface area (Å²) in [6.07, 6.45) is 2.26. The Labute approximate surface area is 322 Å². The van der Waals surface area contributed by atoms with Crippen molar-refractivity contribution >= 4 is 35.4 Å². The van der Waals surface area contributed by atoms with Crippen molar-refractivity contribution in [1.82, 2.24) is 30.2 Å². The van der Waals surface area contributed by atoms with Gasteiger partial charge in [0.15, 0.2) is 0 Å². The lowest BCUT2D eigenvalue weighted by Crippen LogP contribution is -2.62. The van der Waals surface area contributed by atoms with Crippen LogP contribution in [-0.4, -0.2) is 124 Å². The van der Waals surface area contributed by atoms with Gasteiger partial charge in [0.25, 0.3) is 0 Å². The minimum Gasteiger partial charge on any atom is -0.508 e. The summed E-state index contributed by atoms with van der Waals surface area (Å²) < 4.78 is 0. The average molecular weight is 755 g/mol. The van der Waals surface area contributed by atoms with Gasteiger partial charge in [-0.25, -0.2) is 0 Å². The largest absolute Gasteiger partial charge is 0.508 e. The van der Waals surface area contributed by atoms with Crippen molar-refractivity contribution in [2.45, 2.75) is 137 Å². The number of likely N-dealkylation sites (N-methyl/N-ethyl adjacent to an activating group) is 3. The summed E-state index contributed by atoms with van der Waals surface area (Å²) in [5, 5.41) is 15.9. The zero-order valence-electron chi connectivity index (χ0n) is 34.4. The molecule has 2 aliphatic heterocycles. The van der Waals surface area contributed by atoms with Crippen molar-refractivity contribution in [2.75, 3.05) is 27.7 Å². The van der Waals surface area contributed by atoms with E-state index in [1.807, 2.05) is 55.4 Å². The van der Waals surface area contributed by atoms with Crippen molar-refractivity contribution in [2.24, 2.45) is 23.7 Å². The number of amides is 6. The Morgan fingerprint density at radius 2 is 1.04 bits per heavy atom. The Morgan fingerprint density at radius 3 is 1.56 bits per heavy atom. The highest BCUT2D eigenvalue weighted by Crippen LogP contribution is 2.25. The zero-order valence-corrected chi connectivity index (χ0v) is 34.4. The van der Waals surface area contributed by atoms with Gasteiger partial charge in [-0.1, -0.05) is 67.5 Å². The van der Waals surface area contributed by atoms with Crippen LogP contribution in [0.4, 0.5) is 0 Å². The van der Waals surface area contributed by atoms with Gasteiger partial charge in [0.05, 0.1) is 0 Å². The summed E-state index contributed by atoms with van der Waals surface area (Å²) in [6.45, 7) is 15.9. The van der Waals surface area contributed by atoms with E-state index in [-0.39, 0.29) is 48.2 Å². The van der Waals surface area contributed by atoms with Crippen molar-refractivity contribution < 1.29 is 33.9 Å². The monoisotopic (exact) mass is 754 g/mol. The lowest BCUT2D eigenvalue weighted by Gasteiger charge is -2.39. The molecule has 0 bridgehead atoms. The van der Waals surface area contributed by atoms with Gasteiger partial charge in [-0.2, -0.15) is 0 Å². The molecule has 2 aliphatic rings. The minimum atomic E-state index is -1.08. The van der Waals surface area contributed by atoms with Crippen LogP contribution < -0.4 is 10.6 Å². The lowest BCUT2D eigenvalue weighted by molar-refractivity contribution is -0.152. The molecule has 0 aromatic heterocycles.